The number of aliphatic hydroxyl groups is 1. The summed E-state index contributed by atoms with van der Waals surface area (Å²) in [5.41, 5.74) is 5.65. The lowest BCUT2D eigenvalue weighted by Gasteiger charge is -2.32. The predicted octanol–water partition coefficient (Wildman–Crippen LogP) is 2.03. The Hall–Kier alpha value is -0.120. The van der Waals surface area contributed by atoms with Crippen LogP contribution in [0, 0.1) is 17.3 Å². The van der Waals surface area contributed by atoms with E-state index in [1.807, 2.05) is 0 Å². The van der Waals surface area contributed by atoms with Crippen LogP contribution in [0.25, 0.3) is 0 Å². The number of hydrogen-bond acceptors (Lipinski definition) is 3. The summed E-state index contributed by atoms with van der Waals surface area (Å²) in [5, 5.41) is 9.50. The monoisotopic (exact) mass is 231 g/mol. The van der Waals surface area contributed by atoms with Crippen LogP contribution in [-0.4, -0.2) is 31.5 Å². The second-order valence-corrected chi connectivity index (χ2v) is 5.68. The fourth-order valence-corrected chi connectivity index (χ4v) is 1.97. The summed E-state index contributed by atoms with van der Waals surface area (Å²) in [6.45, 7) is 10.8. The molecule has 0 heterocycles. The zero-order valence-corrected chi connectivity index (χ0v) is 11.3. The fraction of sp³-hybridized carbons (Fsp3) is 1.00. The van der Waals surface area contributed by atoms with Gasteiger partial charge in [-0.25, -0.2) is 0 Å². The van der Waals surface area contributed by atoms with E-state index >= 15 is 0 Å². The lowest BCUT2D eigenvalue weighted by molar-refractivity contribution is 0.0401. The molecule has 0 saturated heterocycles. The molecule has 0 aliphatic rings. The van der Waals surface area contributed by atoms with Gasteiger partial charge in [0.25, 0.3) is 0 Å². The third-order valence-electron chi connectivity index (χ3n) is 2.84. The van der Waals surface area contributed by atoms with E-state index in [1.54, 1.807) is 0 Å². The number of ether oxygens (including phenoxy) is 1. The van der Waals surface area contributed by atoms with Crippen LogP contribution in [0.2, 0.25) is 0 Å². The number of aliphatic hydroxyl groups excluding tert-OH is 1. The largest absolute Gasteiger partial charge is 0.396 e. The molecule has 0 saturated carbocycles. The van der Waals surface area contributed by atoms with Gasteiger partial charge < -0.3 is 15.6 Å². The molecular weight excluding hydrogens is 202 g/mol. The number of rotatable bonds is 9. The summed E-state index contributed by atoms with van der Waals surface area (Å²) in [6.07, 6.45) is 1.82. The highest BCUT2D eigenvalue weighted by Gasteiger charge is 2.28. The van der Waals surface area contributed by atoms with Crippen LogP contribution in [0.5, 0.6) is 0 Å². The van der Waals surface area contributed by atoms with Gasteiger partial charge in [-0.15, -0.1) is 0 Å². The van der Waals surface area contributed by atoms with Crippen LogP contribution in [-0.2, 0) is 4.74 Å². The molecule has 0 bridgehead atoms. The van der Waals surface area contributed by atoms with Crippen molar-refractivity contribution >= 4 is 0 Å². The summed E-state index contributed by atoms with van der Waals surface area (Å²) < 4.78 is 5.57. The molecule has 0 aromatic rings. The van der Waals surface area contributed by atoms with Crippen molar-refractivity contribution in [3.63, 3.8) is 0 Å². The average Bonchev–Trinajstić information content (AvgIpc) is 2.22. The minimum Gasteiger partial charge on any atom is -0.396 e. The van der Waals surface area contributed by atoms with E-state index < -0.39 is 0 Å². The number of hydrogen-bond donors (Lipinski definition) is 2. The molecule has 0 aromatic carbocycles. The van der Waals surface area contributed by atoms with Gasteiger partial charge >= 0.3 is 0 Å². The average molecular weight is 231 g/mol. The highest BCUT2D eigenvalue weighted by molar-refractivity contribution is 4.80. The maximum absolute atomic E-state index is 9.50. The molecule has 0 amide bonds. The van der Waals surface area contributed by atoms with Crippen LogP contribution in [0.4, 0.5) is 0 Å². The van der Waals surface area contributed by atoms with Gasteiger partial charge in [-0.3, -0.25) is 0 Å². The smallest absolute Gasteiger partial charge is 0.0500 e. The van der Waals surface area contributed by atoms with E-state index in [1.165, 1.54) is 0 Å². The third-order valence-corrected chi connectivity index (χ3v) is 2.84. The topological polar surface area (TPSA) is 55.5 Å². The van der Waals surface area contributed by atoms with Gasteiger partial charge in [-0.1, -0.05) is 27.7 Å². The minimum atomic E-state index is -0.148. The molecule has 0 fully saturated rings. The van der Waals surface area contributed by atoms with E-state index in [4.69, 9.17) is 10.5 Å². The van der Waals surface area contributed by atoms with Crippen LogP contribution < -0.4 is 5.73 Å². The second kappa shape index (κ2) is 8.04. The van der Waals surface area contributed by atoms with E-state index in [2.05, 4.69) is 27.7 Å². The summed E-state index contributed by atoms with van der Waals surface area (Å²) in [4.78, 5) is 0. The highest BCUT2D eigenvalue weighted by Crippen LogP contribution is 2.28. The molecule has 0 aromatic heterocycles. The SMILES string of the molecule is CC(C)COCCC(CN)(CO)CC(C)C. The van der Waals surface area contributed by atoms with Crippen molar-refractivity contribution in [3.05, 3.63) is 0 Å². The maximum atomic E-state index is 9.50. The minimum absolute atomic E-state index is 0.148. The van der Waals surface area contributed by atoms with Crippen LogP contribution >= 0.6 is 0 Å². The second-order valence-electron chi connectivity index (χ2n) is 5.68. The summed E-state index contributed by atoms with van der Waals surface area (Å²) >= 11 is 0. The molecule has 0 rings (SSSR count). The first-order valence-corrected chi connectivity index (χ1v) is 6.34. The molecule has 1 atom stereocenters. The molecule has 3 heteroatoms. The van der Waals surface area contributed by atoms with E-state index in [0.29, 0.717) is 25.0 Å². The molecule has 3 nitrogen and oxygen atoms in total. The zero-order valence-electron chi connectivity index (χ0n) is 11.3. The molecule has 0 radical (unpaired) electrons. The van der Waals surface area contributed by atoms with Crippen LogP contribution in [0.3, 0.4) is 0 Å². The van der Waals surface area contributed by atoms with Crippen molar-refractivity contribution in [1.82, 2.24) is 0 Å². The lowest BCUT2D eigenvalue weighted by Crippen LogP contribution is -2.37. The van der Waals surface area contributed by atoms with Gasteiger partial charge in [0.1, 0.15) is 0 Å². The highest BCUT2D eigenvalue weighted by atomic mass is 16.5. The van der Waals surface area contributed by atoms with Gasteiger partial charge in [0.05, 0.1) is 0 Å². The molecule has 98 valence electrons. The molecule has 3 N–H and O–H groups in total. The summed E-state index contributed by atoms with van der Waals surface area (Å²) in [5.74, 6) is 1.12. The lowest BCUT2D eigenvalue weighted by atomic mass is 9.78. The molecule has 0 spiro atoms. The van der Waals surface area contributed by atoms with Gasteiger partial charge in [0.15, 0.2) is 0 Å². The van der Waals surface area contributed by atoms with E-state index in [9.17, 15) is 5.11 Å². The van der Waals surface area contributed by atoms with Crippen molar-refractivity contribution in [3.8, 4) is 0 Å². The Morgan fingerprint density at radius 2 is 1.81 bits per heavy atom. The van der Waals surface area contributed by atoms with Crippen LogP contribution in [0.15, 0.2) is 0 Å². The first-order valence-electron chi connectivity index (χ1n) is 6.34. The van der Waals surface area contributed by atoms with E-state index in [0.717, 1.165) is 19.4 Å². The molecule has 0 aliphatic heterocycles. The van der Waals surface area contributed by atoms with Gasteiger partial charge in [-0.05, 0) is 24.7 Å². The maximum Gasteiger partial charge on any atom is 0.0500 e. The Labute approximate surface area is 100 Å². The van der Waals surface area contributed by atoms with Gasteiger partial charge in [-0.2, -0.15) is 0 Å². The first kappa shape index (κ1) is 15.9. The zero-order chi connectivity index (χ0) is 12.6. The quantitative estimate of drug-likeness (QED) is 0.597. The summed E-state index contributed by atoms with van der Waals surface area (Å²) in [7, 11) is 0. The van der Waals surface area contributed by atoms with Crippen molar-refractivity contribution in [1.29, 1.82) is 0 Å². The van der Waals surface area contributed by atoms with Gasteiger partial charge in [0.2, 0.25) is 0 Å². The Bertz CT molecular complexity index is 165. The number of nitrogens with two attached hydrogens (primary N) is 1. The van der Waals surface area contributed by atoms with E-state index in [-0.39, 0.29) is 12.0 Å². The Kier molecular flexibility index (Phi) is 7.98. The van der Waals surface area contributed by atoms with Crippen molar-refractivity contribution in [2.24, 2.45) is 23.0 Å². The van der Waals surface area contributed by atoms with Crippen LogP contribution in [0.1, 0.15) is 40.5 Å². The van der Waals surface area contributed by atoms with Crippen molar-refractivity contribution in [2.45, 2.75) is 40.5 Å². The summed E-state index contributed by atoms with van der Waals surface area (Å²) in [6, 6.07) is 0. The molecule has 1 unspecified atom stereocenters. The Morgan fingerprint density at radius 1 is 1.19 bits per heavy atom. The Morgan fingerprint density at radius 3 is 2.19 bits per heavy atom. The van der Waals surface area contributed by atoms with Crippen molar-refractivity contribution < 1.29 is 9.84 Å². The van der Waals surface area contributed by atoms with Gasteiger partial charge in [0, 0.05) is 31.8 Å². The fourth-order valence-electron chi connectivity index (χ4n) is 1.97. The third kappa shape index (κ3) is 6.46. The molecule has 0 aliphatic carbocycles. The molecule has 16 heavy (non-hydrogen) atoms. The Balaban J connectivity index is 4.01. The predicted molar refractivity (Wildman–Crippen MR) is 68.3 cm³/mol. The first-order chi connectivity index (χ1) is 7.45. The van der Waals surface area contributed by atoms with Crippen molar-refractivity contribution in [2.75, 3.05) is 26.4 Å². The standard InChI is InChI=1S/C13H29NO2/c1-11(2)7-13(9-14,10-15)5-6-16-8-12(3)4/h11-12,15H,5-10,14H2,1-4H3. The normalized spacial score (nSPS) is 15.8. The molecular formula is C13H29NO2.